The van der Waals surface area contributed by atoms with E-state index < -0.39 is 0 Å². The van der Waals surface area contributed by atoms with Crippen LogP contribution in [0.1, 0.15) is 52.0 Å². The Balaban J connectivity index is 2.06. The van der Waals surface area contributed by atoms with Crippen LogP contribution in [0.25, 0.3) is 0 Å². The highest BCUT2D eigenvalue weighted by atomic mass is 14.9. The van der Waals surface area contributed by atoms with E-state index in [2.05, 4.69) is 56.4 Å². The van der Waals surface area contributed by atoms with Gasteiger partial charge in [-0.05, 0) is 30.9 Å². The van der Waals surface area contributed by atoms with E-state index in [1.165, 1.54) is 31.2 Å². The van der Waals surface area contributed by atoms with Crippen LogP contribution in [0.5, 0.6) is 0 Å². The first-order chi connectivity index (χ1) is 8.64. The lowest BCUT2D eigenvalue weighted by Gasteiger charge is -2.36. The molecule has 1 aromatic rings. The molecule has 0 aromatic heterocycles. The lowest BCUT2D eigenvalue weighted by molar-refractivity contribution is 0.317. The molecule has 1 aliphatic rings. The summed E-state index contributed by atoms with van der Waals surface area (Å²) in [6.07, 6.45) is 5.63. The zero-order valence-electron chi connectivity index (χ0n) is 12.1. The first kappa shape index (κ1) is 13.6. The van der Waals surface area contributed by atoms with Crippen molar-refractivity contribution in [2.45, 2.75) is 57.9 Å². The zero-order chi connectivity index (χ0) is 13.0. The van der Waals surface area contributed by atoms with Gasteiger partial charge in [-0.2, -0.15) is 0 Å². The molecule has 1 atom stereocenters. The fraction of sp³-hybridized carbons (Fsp3) is 0.647. The summed E-state index contributed by atoms with van der Waals surface area (Å²) in [4.78, 5) is 0. The summed E-state index contributed by atoms with van der Waals surface area (Å²) in [5.41, 5.74) is 1.67. The summed E-state index contributed by atoms with van der Waals surface area (Å²) < 4.78 is 0. The first-order valence-corrected chi connectivity index (χ1v) is 7.43. The molecule has 1 heteroatoms. The standard InChI is InChI=1S/C17H27N/c1-4-18-16(13-12-14-10-11-14)17(2,3)15-8-6-5-7-9-15/h5-9,14,16,18H,4,10-13H2,1-3H3. The van der Waals surface area contributed by atoms with E-state index in [-0.39, 0.29) is 5.41 Å². The lowest BCUT2D eigenvalue weighted by atomic mass is 9.75. The molecule has 1 nitrogen and oxygen atoms in total. The van der Waals surface area contributed by atoms with E-state index in [9.17, 15) is 0 Å². The van der Waals surface area contributed by atoms with E-state index in [1.54, 1.807) is 0 Å². The van der Waals surface area contributed by atoms with Crippen LogP contribution in [0.15, 0.2) is 30.3 Å². The van der Waals surface area contributed by atoms with Crippen molar-refractivity contribution in [2.75, 3.05) is 6.54 Å². The summed E-state index contributed by atoms with van der Waals surface area (Å²) in [5.74, 6) is 1.03. The number of hydrogen-bond acceptors (Lipinski definition) is 1. The van der Waals surface area contributed by atoms with Crippen molar-refractivity contribution in [1.29, 1.82) is 0 Å². The molecule has 2 rings (SSSR count). The smallest absolute Gasteiger partial charge is 0.0159 e. The quantitative estimate of drug-likeness (QED) is 0.761. The Hall–Kier alpha value is -0.820. The van der Waals surface area contributed by atoms with Crippen LogP contribution in [0.4, 0.5) is 0 Å². The Kier molecular flexibility index (Phi) is 4.45. The van der Waals surface area contributed by atoms with Crippen LogP contribution in [0.2, 0.25) is 0 Å². The van der Waals surface area contributed by atoms with Crippen LogP contribution >= 0.6 is 0 Å². The zero-order valence-corrected chi connectivity index (χ0v) is 12.1. The van der Waals surface area contributed by atoms with E-state index >= 15 is 0 Å². The molecule has 1 aliphatic carbocycles. The second kappa shape index (κ2) is 5.88. The van der Waals surface area contributed by atoms with Crippen LogP contribution in [0.3, 0.4) is 0 Å². The van der Waals surface area contributed by atoms with Crippen LogP contribution in [-0.2, 0) is 5.41 Å². The summed E-state index contributed by atoms with van der Waals surface area (Å²) in [7, 11) is 0. The minimum atomic E-state index is 0.214. The van der Waals surface area contributed by atoms with Gasteiger partial charge in [-0.3, -0.25) is 0 Å². The van der Waals surface area contributed by atoms with Gasteiger partial charge in [0.2, 0.25) is 0 Å². The molecule has 0 radical (unpaired) electrons. The molecule has 0 heterocycles. The monoisotopic (exact) mass is 245 g/mol. The van der Waals surface area contributed by atoms with Crippen LogP contribution < -0.4 is 5.32 Å². The summed E-state index contributed by atoms with van der Waals surface area (Å²) in [6, 6.07) is 11.5. The molecule has 0 spiro atoms. The Morgan fingerprint density at radius 1 is 1.22 bits per heavy atom. The summed E-state index contributed by atoms with van der Waals surface area (Å²) >= 11 is 0. The van der Waals surface area contributed by atoms with Gasteiger partial charge in [0.05, 0.1) is 0 Å². The van der Waals surface area contributed by atoms with Crippen molar-refractivity contribution < 1.29 is 0 Å². The average molecular weight is 245 g/mol. The Morgan fingerprint density at radius 3 is 2.44 bits per heavy atom. The van der Waals surface area contributed by atoms with Crippen molar-refractivity contribution >= 4 is 0 Å². The van der Waals surface area contributed by atoms with Gasteiger partial charge >= 0.3 is 0 Å². The van der Waals surface area contributed by atoms with Gasteiger partial charge in [0.15, 0.2) is 0 Å². The molecular formula is C17H27N. The van der Waals surface area contributed by atoms with E-state index in [4.69, 9.17) is 0 Å². The van der Waals surface area contributed by atoms with Gasteiger partial charge < -0.3 is 5.32 Å². The van der Waals surface area contributed by atoms with Crippen molar-refractivity contribution in [3.05, 3.63) is 35.9 Å². The fourth-order valence-corrected chi connectivity index (χ4v) is 2.84. The number of nitrogens with one attached hydrogen (secondary N) is 1. The maximum absolute atomic E-state index is 3.70. The van der Waals surface area contributed by atoms with Gasteiger partial charge in [-0.25, -0.2) is 0 Å². The van der Waals surface area contributed by atoms with E-state index in [0.29, 0.717) is 6.04 Å². The summed E-state index contributed by atoms with van der Waals surface area (Å²) in [5, 5.41) is 3.70. The Morgan fingerprint density at radius 2 is 1.89 bits per heavy atom. The second-order valence-corrected chi connectivity index (χ2v) is 6.22. The van der Waals surface area contributed by atoms with Gasteiger partial charge in [0.25, 0.3) is 0 Å². The number of benzene rings is 1. The minimum absolute atomic E-state index is 0.214. The number of likely N-dealkylation sites (N-methyl/N-ethyl adjacent to an activating group) is 1. The predicted octanol–water partition coefficient (Wildman–Crippen LogP) is 4.13. The molecular weight excluding hydrogens is 218 g/mol. The van der Waals surface area contributed by atoms with Gasteiger partial charge in [0, 0.05) is 11.5 Å². The third kappa shape index (κ3) is 3.35. The molecule has 1 saturated carbocycles. The Labute approximate surface area is 112 Å². The normalized spacial score (nSPS) is 17.7. The number of rotatable bonds is 7. The molecule has 0 amide bonds. The molecule has 0 saturated heterocycles. The Bertz CT molecular complexity index is 351. The third-order valence-electron chi connectivity index (χ3n) is 4.40. The van der Waals surface area contributed by atoms with Crippen LogP contribution in [-0.4, -0.2) is 12.6 Å². The highest BCUT2D eigenvalue weighted by Crippen LogP contribution is 2.37. The first-order valence-electron chi connectivity index (χ1n) is 7.43. The molecule has 1 aromatic carbocycles. The van der Waals surface area contributed by atoms with Gasteiger partial charge in [-0.1, -0.05) is 63.9 Å². The van der Waals surface area contributed by atoms with Crippen molar-refractivity contribution in [3.63, 3.8) is 0 Å². The highest BCUT2D eigenvalue weighted by molar-refractivity contribution is 5.25. The molecule has 100 valence electrons. The average Bonchev–Trinajstić information content (AvgIpc) is 3.19. The van der Waals surface area contributed by atoms with Crippen LogP contribution in [0, 0.1) is 5.92 Å². The van der Waals surface area contributed by atoms with Gasteiger partial charge in [-0.15, -0.1) is 0 Å². The molecule has 1 fully saturated rings. The van der Waals surface area contributed by atoms with Crippen molar-refractivity contribution in [3.8, 4) is 0 Å². The largest absolute Gasteiger partial charge is 0.313 e. The summed E-state index contributed by atoms with van der Waals surface area (Å²) in [6.45, 7) is 8.03. The number of hydrogen-bond donors (Lipinski definition) is 1. The molecule has 0 aliphatic heterocycles. The topological polar surface area (TPSA) is 12.0 Å². The maximum Gasteiger partial charge on any atom is 0.0159 e. The SMILES string of the molecule is CCNC(CCC1CC1)C(C)(C)c1ccccc1. The molecule has 18 heavy (non-hydrogen) atoms. The predicted molar refractivity (Wildman–Crippen MR) is 78.9 cm³/mol. The maximum atomic E-state index is 3.70. The van der Waals surface area contributed by atoms with Gasteiger partial charge in [0.1, 0.15) is 0 Å². The molecule has 1 unspecified atom stereocenters. The van der Waals surface area contributed by atoms with E-state index in [1.807, 2.05) is 0 Å². The minimum Gasteiger partial charge on any atom is -0.313 e. The van der Waals surface area contributed by atoms with Crippen molar-refractivity contribution in [1.82, 2.24) is 5.32 Å². The third-order valence-corrected chi connectivity index (χ3v) is 4.40. The molecule has 1 N–H and O–H groups in total. The molecule has 0 bridgehead atoms. The second-order valence-electron chi connectivity index (χ2n) is 6.22. The highest BCUT2D eigenvalue weighted by Gasteiger charge is 2.32. The fourth-order valence-electron chi connectivity index (χ4n) is 2.84. The lowest BCUT2D eigenvalue weighted by Crippen LogP contribution is -2.44. The van der Waals surface area contributed by atoms with Crippen molar-refractivity contribution in [2.24, 2.45) is 5.92 Å². The van der Waals surface area contributed by atoms with E-state index in [0.717, 1.165) is 12.5 Å².